The predicted octanol–water partition coefficient (Wildman–Crippen LogP) is 4.04. The average Bonchev–Trinajstić information content (AvgIpc) is 2.81. The first kappa shape index (κ1) is 16.6. The van der Waals surface area contributed by atoms with Gasteiger partial charge >= 0.3 is 0 Å². The first-order valence-electron chi connectivity index (χ1n) is 7.33. The van der Waals surface area contributed by atoms with Gasteiger partial charge in [-0.3, -0.25) is 0 Å². The van der Waals surface area contributed by atoms with E-state index in [4.69, 9.17) is 9.72 Å². The molecule has 1 rings (SSSR count). The van der Waals surface area contributed by atoms with E-state index in [0.29, 0.717) is 5.92 Å². The van der Waals surface area contributed by atoms with Gasteiger partial charge in [-0.25, -0.2) is 4.98 Å². The van der Waals surface area contributed by atoms with Crippen molar-refractivity contribution in [2.24, 2.45) is 0 Å². The minimum absolute atomic E-state index is 0.199. The summed E-state index contributed by atoms with van der Waals surface area (Å²) in [5.41, 5.74) is 1.02. The van der Waals surface area contributed by atoms with Crippen molar-refractivity contribution in [3.05, 3.63) is 15.6 Å². The van der Waals surface area contributed by atoms with Crippen LogP contribution in [-0.2, 0) is 16.9 Å². The topological polar surface area (TPSA) is 34.1 Å². The second kappa shape index (κ2) is 7.36. The Morgan fingerprint density at radius 2 is 1.89 bits per heavy atom. The molecule has 1 N–H and O–H groups in total. The van der Waals surface area contributed by atoms with Gasteiger partial charge in [-0.05, 0) is 32.7 Å². The fraction of sp³-hybridized carbons (Fsp3) is 0.800. The summed E-state index contributed by atoms with van der Waals surface area (Å²) in [6.45, 7) is 12.5. The summed E-state index contributed by atoms with van der Waals surface area (Å²) < 4.78 is 6.07. The van der Waals surface area contributed by atoms with Crippen molar-refractivity contribution in [2.45, 2.75) is 65.5 Å². The van der Waals surface area contributed by atoms with Gasteiger partial charge in [0.25, 0.3) is 0 Å². The van der Waals surface area contributed by atoms with Crippen molar-refractivity contribution in [1.82, 2.24) is 10.3 Å². The molecule has 19 heavy (non-hydrogen) atoms. The van der Waals surface area contributed by atoms with Crippen molar-refractivity contribution in [3.63, 3.8) is 0 Å². The van der Waals surface area contributed by atoms with Gasteiger partial charge < -0.3 is 10.1 Å². The molecule has 0 amide bonds. The van der Waals surface area contributed by atoms with Gasteiger partial charge in [0, 0.05) is 18.0 Å². The SMILES string of the molecule is CCOC(CC)(CC)c1nc(C(C)C)c(CNC)s1. The third-order valence-corrected chi connectivity index (χ3v) is 4.82. The summed E-state index contributed by atoms with van der Waals surface area (Å²) in [5, 5.41) is 4.39. The number of thiazole rings is 1. The molecule has 4 heteroatoms. The van der Waals surface area contributed by atoms with Crippen LogP contribution in [0.2, 0.25) is 0 Å². The maximum absolute atomic E-state index is 6.07. The minimum Gasteiger partial charge on any atom is -0.368 e. The summed E-state index contributed by atoms with van der Waals surface area (Å²) in [4.78, 5) is 6.26. The summed E-state index contributed by atoms with van der Waals surface area (Å²) >= 11 is 1.81. The number of aromatic nitrogens is 1. The van der Waals surface area contributed by atoms with Gasteiger partial charge in [0.1, 0.15) is 10.6 Å². The molecule has 0 fully saturated rings. The molecule has 0 aliphatic carbocycles. The molecule has 1 heterocycles. The van der Waals surface area contributed by atoms with Crippen LogP contribution >= 0.6 is 11.3 Å². The van der Waals surface area contributed by atoms with Crippen LogP contribution in [0.1, 0.15) is 69.0 Å². The number of rotatable bonds is 8. The lowest BCUT2D eigenvalue weighted by Gasteiger charge is -2.29. The van der Waals surface area contributed by atoms with E-state index in [2.05, 4.69) is 39.9 Å². The van der Waals surface area contributed by atoms with Crippen molar-refractivity contribution >= 4 is 11.3 Å². The van der Waals surface area contributed by atoms with E-state index < -0.39 is 0 Å². The van der Waals surface area contributed by atoms with E-state index in [9.17, 15) is 0 Å². The van der Waals surface area contributed by atoms with Crippen molar-refractivity contribution in [3.8, 4) is 0 Å². The highest BCUT2D eigenvalue weighted by atomic mass is 32.1. The molecular weight excluding hydrogens is 256 g/mol. The molecule has 1 aromatic rings. The molecule has 0 spiro atoms. The highest BCUT2D eigenvalue weighted by Crippen LogP contribution is 2.38. The Kier molecular flexibility index (Phi) is 6.43. The second-order valence-electron chi connectivity index (χ2n) is 5.15. The van der Waals surface area contributed by atoms with Gasteiger partial charge in [-0.2, -0.15) is 0 Å². The number of ether oxygens (including phenoxy) is 1. The van der Waals surface area contributed by atoms with E-state index in [1.807, 2.05) is 18.4 Å². The zero-order valence-electron chi connectivity index (χ0n) is 13.2. The van der Waals surface area contributed by atoms with Gasteiger partial charge in [-0.1, -0.05) is 27.7 Å². The van der Waals surface area contributed by atoms with Crippen LogP contribution < -0.4 is 5.32 Å². The van der Waals surface area contributed by atoms with Crippen LogP contribution in [-0.4, -0.2) is 18.6 Å². The Labute approximate surface area is 121 Å². The Balaban J connectivity index is 3.20. The standard InChI is InChI=1S/C15H28N2OS/c1-7-15(8-2,18-9-3)14-17-13(11(4)5)12(19-14)10-16-6/h11,16H,7-10H2,1-6H3. The summed E-state index contributed by atoms with van der Waals surface area (Å²) in [5.74, 6) is 0.460. The van der Waals surface area contributed by atoms with Crippen molar-refractivity contribution in [2.75, 3.05) is 13.7 Å². The Morgan fingerprint density at radius 1 is 1.26 bits per heavy atom. The average molecular weight is 284 g/mol. The molecule has 0 radical (unpaired) electrons. The largest absolute Gasteiger partial charge is 0.368 e. The van der Waals surface area contributed by atoms with Gasteiger partial charge in [0.15, 0.2) is 0 Å². The molecule has 0 saturated heterocycles. The lowest BCUT2D eigenvalue weighted by molar-refractivity contribution is -0.0507. The molecule has 0 bridgehead atoms. The normalized spacial score (nSPS) is 12.4. The smallest absolute Gasteiger partial charge is 0.125 e. The van der Waals surface area contributed by atoms with Crippen LogP contribution in [0, 0.1) is 0 Å². The van der Waals surface area contributed by atoms with Crippen LogP contribution in [0.5, 0.6) is 0 Å². The Hall–Kier alpha value is -0.450. The van der Waals surface area contributed by atoms with Crippen LogP contribution in [0.4, 0.5) is 0 Å². The van der Waals surface area contributed by atoms with E-state index in [1.54, 1.807) is 0 Å². The van der Waals surface area contributed by atoms with E-state index >= 15 is 0 Å². The summed E-state index contributed by atoms with van der Waals surface area (Å²) in [7, 11) is 1.99. The number of nitrogens with one attached hydrogen (secondary N) is 1. The zero-order valence-corrected chi connectivity index (χ0v) is 14.0. The van der Waals surface area contributed by atoms with E-state index in [0.717, 1.165) is 31.0 Å². The highest BCUT2D eigenvalue weighted by Gasteiger charge is 2.33. The molecule has 0 saturated carbocycles. The zero-order chi connectivity index (χ0) is 14.5. The van der Waals surface area contributed by atoms with Crippen molar-refractivity contribution in [1.29, 1.82) is 0 Å². The minimum atomic E-state index is -0.199. The number of nitrogens with zero attached hydrogens (tertiary/aromatic N) is 1. The molecule has 3 nitrogen and oxygen atoms in total. The maximum Gasteiger partial charge on any atom is 0.125 e. The molecule has 0 unspecified atom stereocenters. The molecule has 0 aliphatic rings. The molecule has 1 aromatic heterocycles. The van der Waals surface area contributed by atoms with Crippen LogP contribution in [0.15, 0.2) is 0 Å². The Bertz CT molecular complexity index is 383. The fourth-order valence-electron chi connectivity index (χ4n) is 2.39. The van der Waals surface area contributed by atoms with Gasteiger partial charge in [0.05, 0.1) is 5.69 Å². The third kappa shape index (κ3) is 3.56. The quantitative estimate of drug-likeness (QED) is 0.782. The molecule has 0 atom stereocenters. The molecule has 0 aliphatic heterocycles. The van der Waals surface area contributed by atoms with Crippen LogP contribution in [0.25, 0.3) is 0 Å². The Morgan fingerprint density at radius 3 is 2.32 bits per heavy atom. The van der Waals surface area contributed by atoms with Crippen LogP contribution in [0.3, 0.4) is 0 Å². The first-order valence-corrected chi connectivity index (χ1v) is 8.14. The number of hydrogen-bond acceptors (Lipinski definition) is 4. The highest BCUT2D eigenvalue weighted by molar-refractivity contribution is 7.11. The maximum atomic E-state index is 6.07. The summed E-state index contributed by atoms with van der Waals surface area (Å²) in [6, 6.07) is 0. The van der Waals surface area contributed by atoms with E-state index in [-0.39, 0.29) is 5.60 Å². The third-order valence-electron chi connectivity index (χ3n) is 3.56. The first-order chi connectivity index (χ1) is 9.04. The predicted molar refractivity (Wildman–Crippen MR) is 82.9 cm³/mol. The number of hydrogen-bond donors (Lipinski definition) is 1. The van der Waals surface area contributed by atoms with Gasteiger partial charge in [-0.15, -0.1) is 11.3 Å². The van der Waals surface area contributed by atoms with E-state index in [1.165, 1.54) is 10.6 Å². The monoisotopic (exact) mass is 284 g/mol. The molecule has 0 aromatic carbocycles. The summed E-state index contributed by atoms with van der Waals surface area (Å²) in [6.07, 6.45) is 1.95. The molecular formula is C15H28N2OS. The van der Waals surface area contributed by atoms with Crippen molar-refractivity contribution < 1.29 is 4.74 Å². The fourth-order valence-corrected chi connectivity index (χ4v) is 3.90. The lowest BCUT2D eigenvalue weighted by Crippen LogP contribution is -2.28. The molecule has 110 valence electrons. The second-order valence-corrected chi connectivity index (χ2v) is 6.23. The lowest BCUT2D eigenvalue weighted by atomic mass is 9.98. The van der Waals surface area contributed by atoms with Gasteiger partial charge in [0.2, 0.25) is 0 Å².